The second-order valence-electron chi connectivity index (χ2n) is 5.20. The van der Waals surface area contributed by atoms with Gasteiger partial charge in [0.2, 0.25) is 0 Å². The number of allylic oxidation sites excluding steroid dienone is 2. The number of carbonyl (C=O) groups excluding carboxylic acids is 2. The fourth-order valence-corrected chi connectivity index (χ4v) is 2.57. The Morgan fingerprint density at radius 1 is 0.920 bits per heavy atom. The van der Waals surface area contributed by atoms with Gasteiger partial charge < -0.3 is 24.3 Å². The molecule has 0 atom stereocenters. The predicted molar refractivity (Wildman–Crippen MR) is 89.7 cm³/mol. The zero-order valence-corrected chi connectivity index (χ0v) is 15.0. The van der Waals surface area contributed by atoms with E-state index in [1.807, 2.05) is 0 Å². The van der Waals surface area contributed by atoms with Gasteiger partial charge in [0.15, 0.2) is 0 Å². The summed E-state index contributed by atoms with van der Waals surface area (Å²) >= 11 is 5.95. The molecule has 0 radical (unpaired) electrons. The van der Waals surface area contributed by atoms with Crippen LogP contribution >= 0.6 is 11.6 Å². The Bertz CT molecular complexity index is 698. The van der Waals surface area contributed by atoms with E-state index < -0.39 is 18.2 Å². The summed E-state index contributed by atoms with van der Waals surface area (Å²) in [6, 6.07) is 6.88. The van der Waals surface area contributed by atoms with Crippen molar-refractivity contribution in [2.24, 2.45) is 0 Å². The molecule has 1 heterocycles. The molecule has 1 aromatic carbocycles. The van der Waals surface area contributed by atoms with Crippen molar-refractivity contribution in [1.29, 1.82) is 0 Å². The van der Waals surface area contributed by atoms with Crippen molar-refractivity contribution in [2.75, 3.05) is 14.2 Å². The van der Waals surface area contributed by atoms with Gasteiger partial charge in [-0.15, -0.1) is 0 Å². The summed E-state index contributed by atoms with van der Waals surface area (Å²) in [5, 5.41) is 3.56. The van der Waals surface area contributed by atoms with E-state index in [-0.39, 0.29) is 11.5 Å². The van der Waals surface area contributed by atoms with Crippen LogP contribution in [0.2, 0.25) is 5.02 Å². The lowest BCUT2D eigenvalue weighted by molar-refractivity contribution is 0.0786. The third-order valence-corrected chi connectivity index (χ3v) is 3.81. The zero-order chi connectivity index (χ0) is 18.6. The highest BCUT2D eigenvalue weighted by molar-refractivity contribution is 6.30. The Morgan fingerprint density at radius 3 is 1.76 bits per heavy atom. The zero-order valence-electron chi connectivity index (χ0n) is 14.2. The number of dihydropyridines is 1. The fourth-order valence-electron chi connectivity index (χ4n) is 2.45. The second-order valence-corrected chi connectivity index (χ2v) is 5.64. The highest BCUT2D eigenvalue weighted by Gasteiger charge is 2.35. The summed E-state index contributed by atoms with van der Waals surface area (Å²) in [4.78, 5) is 23.3. The van der Waals surface area contributed by atoms with Gasteiger partial charge in [-0.1, -0.05) is 23.7 Å². The van der Waals surface area contributed by atoms with Crippen molar-refractivity contribution in [3.8, 4) is 0 Å². The molecule has 1 aliphatic heterocycles. The molecule has 0 saturated heterocycles. The molecule has 134 valence electrons. The lowest BCUT2D eigenvalue weighted by Gasteiger charge is -2.30. The summed E-state index contributed by atoms with van der Waals surface area (Å²) < 4.78 is 19.8. The molecular formula is C17H18ClNO6. The number of ether oxygens (including phenoxy) is 4. The maximum atomic E-state index is 11.6. The van der Waals surface area contributed by atoms with Crippen molar-refractivity contribution in [1.82, 2.24) is 5.32 Å². The first-order valence-electron chi connectivity index (χ1n) is 7.33. The molecule has 0 spiro atoms. The van der Waals surface area contributed by atoms with Crippen molar-refractivity contribution >= 4 is 23.9 Å². The smallest absolute Gasteiger partial charge is 0.437 e. The Labute approximate surface area is 150 Å². The average Bonchev–Trinajstić information content (AvgIpc) is 2.59. The first-order valence-corrected chi connectivity index (χ1v) is 7.70. The average molecular weight is 368 g/mol. The van der Waals surface area contributed by atoms with E-state index >= 15 is 0 Å². The number of halogens is 1. The number of rotatable bonds is 3. The topological polar surface area (TPSA) is 83.1 Å². The van der Waals surface area contributed by atoms with Crippen LogP contribution in [0.25, 0.3) is 0 Å². The number of benzene rings is 1. The monoisotopic (exact) mass is 367 g/mol. The molecule has 2 rings (SSSR count). The van der Waals surface area contributed by atoms with Crippen LogP contribution in [0, 0.1) is 0 Å². The molecule has 1 aromatic rings. The first-order chi connectivity index (χ1) is 11.9. The van der Waals surface area contributed by atoms with Gasteiger partial charge in [-0.25, -0.2) is 9.59 Å². The second kappa shape index (κ2) is 7.94. The predicted octanol–water partition coefficient (Wildman–Crippen LogP) is 4.06. The fraction of sp³-hybridized carbons (Fsp3) is 0.294. The van der Waals surface area contributed by atoms with E-state index in [1.54, 1.807) is 38.1 Å². The standard InChI is InChI=1S/C17H18ClNO6/c1-9-14(24-16(20)22-3)13(11-5-7-12(18)8-6-11)15(10(2)19-9)25-17(21)23-4/h5-8,13,19H,1-4H3. The van der Waals surface area contributed by atoms with E-state index in [2.05, 4.69) is 14.8 Å². The van der Waals surface area contributed by atoms with Crippen LogP contribution in [0.3, 0.4) is 0 Å². The number of methoxy groups -OCH3 is 2. The third kappa shape index (κ3) is 4.24. The minimum atomic E-state index is -0.882. The van der Waals surface area contributed by atoms with E-state index in [0.29, 0.717) is 22.0 Å². The Hall–Kier alpha value is -2.67. The van der Waals surface area contributed by atoms with Gasteiger partial charge in [0.1, 0.15) is 17.4 Å². The van der Waals surface area contributed by atoms with Crippen LogP contribution in [0.5, 0.6) is 0 Å². The highest BCUT2D eigenvalue weighted by Crippen LogP contribution is 2.39. The number of hydrogen-bond acceptors (Lipinski definition) is 7. The molecule has 0 bridgehead atoms. The molecular weight excluding hydrogens is 350 g/mol. The quantitative estimate of drug-likeness (QED) is 0.806. The summed E-state index contributed by atoms with van der Waals surface area (Å²) in [5.41, 5.74) is 1.88. The molecule has 0 saturated carbocycles. The Balaban J connectivity index is 2.53. The Morgan fingerprint density at radius 2 is 1.36 bits per heavy atom. The van der Waals surface area contributed by atoms with Crippen molar-refractivity contribution in [2.45, 2.75) is 19.8 Å². The molecule has 0 fully saturated rings. The van der Waals surface area contributed by atoms with E-state index in [0.717, 1.165) is 0 Å². The van der Waals surface area contributed by atoms with Crippen LogP contribution in [0.15, 0.2) is 47.2 Å². The van der Waals surface area contributed by atoms with Crippen molar-refractivity contribution in [3.05, 3.63) is 57.8 Å². The largest absolute Gasteiger partial charge is 0.513 e. The van der Waals surface area contributed by atoms with Crippen LogP contribution < -0.4 is 5.32 Å². The van der Waals surface area contributed by atoms with Crippen LogP contribution in [-0.4, -0.2) is 26.5 Å². The minimum absolute atomic E-state index is 0.249. The molecule has 0 amide bonds. The maximum absolute atomic E-state index is 11.6. The van der Waals surface area contributed by atoms with Crippen molar-refractivity contribution in [3.63, 3.8) is 0 Å². The number of carbonyl (C=O) groups is 2. The van der Waals surface area contributed by atoms with E-state index in [1.165, 1.54) is 14.2 Å². The molecule has 25 heavy (non-hydrogen) atoms. The minimum Gasteiger partial charge on any atom is -0.437 e. The number of hydrogen-bond donors (Lipinski definition) is 1. The van der Waals surface area contributed by atoms with Crippen molar-refractivity contribution < 1.29 is 28.5 Å². The molecule has 0 aliphatic carbocycles. The molecule has 1 aliphatic rings. The van der Waals surface area contributed by atoms with Gasteiger partial charge in [-0.3, -0.25) is 0 Å². The lowest BCUT2D eigenvalue weighted by Crippen LogP contribution is -2.29. The molecule has 1 N–H and O–H groups in total. The lowest BCUT2D eigenvalue weighted by atomic mass is 9.90. The molecule has 0 unspecified atom stereocenters. The summed E-state index contributed by atoms with van der Waals surface area (Å²) in [7, 11) is 2.41. The number of nitrogens with one attached hydrogen (secondary N) is 1. The highest BCUT2D eigenvalue weighted by atomic mass is 35.5. The van der Waals surface area contributed by atoms with Crippen LogP contribution in [0.4, 0.5) is 9.59 Å². The molecule has 8 heteroatoms. The Kier molecular flexibility index (Phi) is 5.93. The van der Waals surface area contributed by atoms with E-state index in [4.69, 9.17) is 21.1 Å². The van der Waals surface area contributed by atoms with E-state index in [9.17, 15) is 9.59 Å². The molecule has 7 nitrogen and oxygen atoms in total. The third-order valence-electron chi connectivity index (χ3n) is 3.56. The van der Waals surface area contributed by atoms with Crippen LogP contribution in [0.1, 0.15) is 25.3 Å². The summed E-state index contributed by atoms with van der Waals surface area (Å²) in [6.45, 7) is 3.47. The SMILES string of the molecule is COC(=O)OC1=C(C)NC(C)=C(OC(=O)OC)C1c1ccc(Cl)cc1. The van der Waals surface area contributed by atoms with Gasteiger partial charge in [0, 0.05) is 5.02 Å². The van der Waals surface area contributed by atoms with Gasteiger partial charge in [-0.05, 0) is 31.5 Å². The normalized spacial score (nSPS) is 14.8. The van der Waals surface area contributed by atoms with Gasteiger partial charge in [0.05, 0.1) is 25.6 Å². The molecule has 0 aromatic heterocycles. The summed E-state index contributed by atoms with van der Waals surface area (Å²) in [6.07, 6.45) is -1.76. The first kappa shape index (κ1) is 18.7. The summed E-state index contributed by atoms with van der Waals surface area (Å²) in [5.74, 6) is -0.158. The van der Waals surface area contributed by atoms with Gasteiger partial charge in [0.25, 0.3) is 0 Å². The van der Waals surface area contributed by atoms with Gasteiger partial charge >= 0.3 is 12.3 Å². The van der Waals surface area contributed by atoms with Gasteiger partial charge in [-0.2, -0.15) is 0 Å². The maximum Gasteiger partial charge on any atom is 0.513 e. The van der Waals surface area contributed by atoms with Crippen LogP contribution in [-0.2, 0) is 18.9 Å².